The summed E-state index contributed by atoms with van der Waals surface area (Å²) < 4.78 is 9.87. The molecule has 0 aliphatic carbocycles. The van der Waals surface area contributed by atoms with Crippen LogP contribution < -0.4 is 11.1 Å². The van der Waals surface area contributed by atoms with Gasteiger partial charge in [-0.1, -0.05) is 0 Å². The molecule has 6 nitrogen and oxygen atoms in total. The number of amides is 1. The molecule has 0 aliphatic rings. The molecule has 0 atom stereocenters. The average Bonchev–Trinajstić information content (AvgIpc) is 2.77. The lowest BCUT2D eigenvalue weighted by Gasteiger charge is -2.03. The molecule has 1 aromatic heterocycles. The molecule has 0 radical (unpaired) electrons. The van der Waals surface area contributed by atoms with Crippen molar-refractivity contribution in [1.82, 2.24) is 5.32 Å². The molecule has 0 saturated carbocycles. The maximum atomic E-state index is 11.5. The molecule has 0 spiro atoms. The lowest BCUT2D eigenvalue weighted by atomic mass is 10.4. The lowest BCUT2D eigenvalue weighted by Crippen LogP contribution is -2.26. The molecular weight excluding hydrogens is 224 g/mol. The van der Waals surface area contributed by atoms with E-state index in [1.807, 2.05) is 0 Å². The van der Waals surface area contributed by atoms with Crippen LogP contribution in [0.25, 0.3) is 0 Å². The molecule has 0 aromatic carbocycles. The fraction of sp³-hybridized carbons (Fsp3) is 0.455. The second kappa shape index (κ2) is 6.70. The third kappa shape index (κ3) is 4.28. The Morgan fingerprint density at radius 1 is 1.47 bits per heavy atom. The van der Waals surface area contributed by atoms with Gasteiger partial charge in [0.15, 0.2) is 5.76 Å². The van der Waals surface area contributed by atoms with Gasteiger partial charge in [-0.2, -0.15) is 0 Å². The van der Waals surface area contributed by atoms with Gasteiger partial charge >= 0.3 is 5.97 Å². The van der Waals surface area contributed by atoms with E-state index in [1.54, 1.807) is 19.1 Å². The topological polar surface area (TPSA) is 94.6 Å². The van der Waals surface area contributed by atoms with Crippen LogP contribution in [-0.2, 0) is 16.1 Å². The molecule has 0 unspecified atom stereocenters. The number of ether oxygens (including phenoxy) is 1. The highest BCUT2D eigenvalue weighted by molar-refractivity contribution is 5.91. The number of carbonyl (C=O) groups is 2. The van der Waals surface area contributed by atoms with Crippen LogP contribution in [0.15, 0.2) is 16.5 Å². The molecular formula is C11H16N2O4. The fourth-order valence-corrected chi connectivity index (χ4v) is 1.21. The maximum Gasteiger partial charge on any atom is 0.307 e. The first-order valence-corrected chi connectivity index (χ1v) is 5.40. The first kappa shape index (κ1) is 13.2. The van der Waals surface area contributed by atoms with Crippen molar-refractivity contribution >= 4 is 11.9 Å². The Kier molecular flexibility index (Phi) is 5.22. The van der Waals surface area contributed by atoms with Crippen LogP contribution in [0.2, 0.25) is 0 Å². The summed E-state index contributed by atoms with van der Waals surface area (Å²) >= 11 is 0. The van der Waals surface area contributed by atoms with Crippen LogP contribution in [0.3, 0.4) is 0 Å². The van der Waals surface area contributed by atoms with E-state index < -0.39 is 0 Å². The zero-order valence-corrected chi connectivity index (χ0v) is 9.69. The lowest BCUT2D eigenvalue weighted by molar-refractivity contribution is -0.142. The maximum absolute atomic E-state index is 11.5. The van der Waals surface area contributed by atoms with E-state index >= 15 is 0 Å². The van der Waals surface area contributed by atoms with Crippen molar-refractivity contribution in [2.45, 2.75) is 19.9 Å². The summed E-state index contributed by atoms with van der Waals surface area (Å²) in [7, 11) is 0. The van der Waals surface area contributed by atoms with E-state index in [4.69, 9.17) is 14.9 Å². The van der Waals surface area contributed by atoms with Crippen LogP contribution in [0.5, 0.6) is 0 Å². The summed E-state index contributed by atoms with van der Waals surface area (Å²) in [6.07, 6.45) is 0.143. The van der Waals surface area contributed by atoms with Gasteiger partial charge in [0.05, 0.1) is 19.6 Å². The summed E-state index contributed by atoms with van der Waals surface area (Å²) in [5.74, 6) is 0.0266. The van der Waals surface area contributed by atoms with E-state index in [-0.39, 0.29) is 37.1 Å². The summed E-state index contributed by atoms with van der Waals surface area (Å²) in [5.41, 5.74) is 5.35. The Morgan fingerprint density at radius 2 is 2.24 bits per heavy atom. The smallest absolute Gasteiger partial charge is 0.307 e. The summed E-state index contributed by atoms with van der Waals surface area (Å²) in [6, 6.07) is 3.18. The Hall–Kier alpha value is -1.82. The molecule has 1 rings (SSSR count). The monoisotopic (exact) mass is 240 g/mol. The van der Waals surface area contributed by atoms with Crippen molar-refractivity contribution in [2.75, 3.05) is 13.2 Å². The highest BCUT2D eigenvalue weighted by Crippen LogP contribution is 2.06. The molecule has 1 amide bonds. The SMILES string of the molecule is CCOC(=O)CCNC(=O)c1ccc(CN)o1. The van der Waals surface area contributed by atoms with Gasteiger partial charge in [-0.15, -0.1) is 0 Å². The van der Waals surface area contributed by atoms with Crippen molar-refractivity contribution in [3.8, 4) is 0 Å². The predicted octanol–water partition coefficient (Wildman–Crippen LogP) is 0.421. The van der Waals surface area contributed by atoms with Crippen molar-refractivity contribution in [2.24, 2.45) is 5.73 Å². The van der Waals surface area contributed by atoms with Gasteiger partial charge in [-0.3, -0.25) is 9.59 Å². The first-order chi connectivity index (χ1) is 8.17. The molecule has 1 aromatic rings. The number of rotatable bonds is 6. The number of hydrogen-bond acceptors (Lipinski definition) is 5. The second-order valence-corrected chi connectivity index (χ2v) is 3.28. The summed E-state index contributed by atoms with van der Waals surface area (Å²) in [6.45, 7) is 2.53. The van der Waals surface area contributed by atoms with Crippen molar-refractivity contribution in [1.29, 1.82) is 0 Å². The number of nitrogens with one attached hydrogen (secondary N) is 1. The molecule has 0 bridgehead atoms. The Labute approximate surface area is 99.1 Å². The molecule has 94 valence electrons. The highest BCUT2D eigenvalue weighted by Gasteiger charge is 2.10. The fourth-order valence-electron chi connectivity index (χ4n) is 1.21. The van der Waals surface area contributed by atoms with Crippen LogP contribution >= 0.6 is 0 Å². The van der Waals surface area contributed by atoms with Gasteiger partial charge < -0.3 is 20.2 Å². The highest BCUT2D eigenvalue weighted by atomic mass is 16.5. The zero-order valence-electron chi connectivity index (χ0n) is 9.69. The molecule has 6 heteroatoms. The molecule has 1 heterocycles. The van der Waals surface area contributed by atoms with Gasteiger partial charge in [-0.05, 0) is 19.1 Å². The minimum atomic E-state index is -0.367. The summed E-state index contributed by atoms with van der Waals surface area (Å²) in [5, 5.41) is 2.55. The van der Waals surface area contributed by atoms with E-state index in [1.165, 1.54) is 0 Å². The largest absolute Gasteiger partial charge is 0.466 e. The van der Waals surface area contributed by atoms with E-state index in [9.17, 15) is 9.59 Å². The number of nitrogens with two attached hydrogens (primary N) is 1. The Bertz CT molecular complexity index is 387. The van der Waals surface area contributed by atoms with E-state index in [0.717, 1.165) is 0 Å². The van der Waals surface area contributed by atoms with Gasteiger partial charge in [0, 0.05) is 6.54 Å². The van der Waals surface area contributed by atoms with Crippen LogP contribution in [-0.4, -0.2) is 25.0 Å². The second-order valence-electron chi connectivity index (χ2n) is 3.28. The zero-order chi connectivity index (χ0) is 12.7. The number of esters is 1. The van der Waals surface area contributed by atoms with Gasteiger partial charge in [0.1, 0.15) is 5.76 Å². The summed E-state index contributed by atoms with van der Waals surface area (Å²) in [4.78, 5) is 22.5. The molecule has 0 fully saturated rings. The van der Waals surface area contributed by atoms with Gasteiger partial charge in [-0.25, -0.2) is 0 Å². The number of furan rings is 1. The van der Waals surface area contributed by atoms with Gasteiger partial charge in [0.25, 0.3) is 5.91 Å². The van der Waals surface area contributed by atoms with Crippen LogP contribution in [0.4, 0.5) is 0 Å². The quantitative estimate of drug-likeness (QED) is 0.703. The molecule has 0 aliphatic heterocycles. The normalized spacial score (nSPS) is 10.0. The molecule has 0 saturated heterocycles. The van der Waals surface area contributed by atoms with E-state index in [0.29, 0.717) is 12.4 Å². The third-order valence-electron chi connectivity index (χ3n) is 2.01. The third-order valence-corrected chi connectivity index (χ3v) is 2.01. The average molecular weight is 240 g/mol. The van der Waals surface area contributed by atoms with E-state index in [2.05, 4.69) is 5.32 Å². The minimum Gasteiger partial charge on any atom is -0.466 e. The van der Waals surface area contributed by atoms with Crippen LogP contribution in [0.1, 0.15) is 29.7 Å². The van der Waals surface area contributed by atoms with Crippen molar-refractivity contribution in [3.63, 3.8) is 0 Å². The number of hydrogen-bond donors (Lipinski definition) is 2. The minimum absolute atomic E-state index is 0.143. The van der Waals surface area contributed by atoms with Crippen LogP contribution in [0, 0.1) is 0 Å². The van der Waals surface area contributed by atoms with Crippen molar-refractivity contribution < 1.29 is 18.7 Å². The van der Waals surface area contributed by atoms with Crippen molar-refractivity contribution in [3.05, 3.63) is 23.7 Å². The molecule has 17 heavy (non-hydrogen) atoms. The first-order valence-electron chi connectivity index (χ1n) is 5.40. The Morgan fingerprint density at radius 3 is 2.82 bits per heavy atom. The standard InChI is InChI=1S/C11H16N2O4/c1-2-16-10(14)5-6-13-11(15)9-4-3-8(7-12)17-9/h3-4H,2,5-7,12H2,1H3,(H,13,15). The predicted molar refractivity (Wildman–Crippen MR) is 60.2 cm³/mol. The molecule has 3 N–H and O–H groups in total. The Balaban J connectivity index is 2.32. The van der Waals surface area contributed by atoms with Gasteiger partial charge in [0.2, 0.25) is 0 Å². The number of carbonyl (C=O) groups excluding carboxylic acids is 2.